The molecule has 4 nitrogen and oxygen atoms in total. The van der Waals surface area contributed by atoms with E-state index in [0.717, 1.165) is 0 Å². The number of hydrogen-bond acceptors (Lipinski definition) is 5. The van der Waals surface area contributed by atoms with Gasteiger partial charge in [0.05, 0.1) is 5.16 Å². The van der Waals surface area contributed by atoms with E-state index in [1.165, 1.54) is 12.2 Å². The highest BCUT2D eigenvalue weighted by molar-refractivity contribution is 7.78. The van der Waals surface area contributed by atoms with E-state index < -0.39 is 24.4 Å². The van der Waals surface area contributed by atoms with Crippen LogP contribution in [0.3, 0.4) is 0 Å². The third-order valence-electron chi connectivity index (χ3n) is 1.76. The molecule has 0 aromatic carbocycles. The van der Waals surface area contributed by atoms with Crippen LogP contribution >= 0.6 is 12.2 Å². The van der Waals surface area contributed by atoms with Crippen LogP contribution in [0.25, 0.3) is 0 Å². The Balaban J connectivity index is 2.80. The monoisotopic (exact) mass is 187 g/mol. The van der Waals surface area contributed by atoms with Crippen LogP contribution < -0.4 is 0 Å². The van der Waals surface area contributed by atoms with Crippen molar-refractivity contribution in [1.82, 2.24) is 0 Å². The van der Waals surface area contributed by atoms with Crippen LogP contribution in [0.2, 0.25) is 0 Å². The average Bonchev–Trinajstić information content (AvgIpc) is 2.07. The summed E-state index contributed by atoms with van der Waals surface area (Å²) in [7, 11) is 0. The highest BCUT2D eigenvalue weighted by Gasteiger charge is 2.32. The normalized spacial score (nSPS) is 40.6. The van der Waals surface area contributed by atoms with Crippen LogP contribution in [-0.4, -0.2) is 44.8 Å². The van der Waals surface area contributed by atoms with E-state index in [4.69, 9.17) is 5.11 Å². The minimum Gasteiger partial charge on any atom is -0.388 e. The zero-order valence-corrected chi connectivity index (χ0v) is 6.98. The fourth-order valence-electron chi connectivity index (χ4n) is 1.04. The molecule has 0 aromatic heterocycles. The highest BCUT2D eigenvalue weighted by Crippen LogP contribution is 2.15. The van der Waals surface area contributed by atoms with E-state index in [9.17, 15) is 10.2 Å². The summed E-state index contributed by atoms with van der Waals surface area (Å²) in [6, 6.07) is -0.596. The Hall–Kier alpha value is -0.580. The van der Waals surface area contributed by atoms with Crippen molar-refractivity contribution in [2.24, 2.45) is 4.99 Å². The van der Waals surface area contributed by atoms with Crippen LogP contribution in [0, 0.1) is 0 Å². The van der Waals surface area contributed by atoms with Crippen molar-refractivity contribution in [3.8, 4) is 0 Å². The van der Waals surface area contributed by atoms with E-state index in [0.29, 0.717) is 0 Å². The molecule has 0 saturated carbocycles. The molecular formula is C7H9NO3S. The van der Waals surface area contributed by atoms with Gasteiger partial charge in [0.1, 0.15) is 24.4 Å². The van der Waals surface area contributed by atoms with Crippen LogP contribution in [0.4, 0.5) is 0 Å². The van der Waals surface area contributed by atoms with Gasteiger partial charge in [0.25, 0.3) is 0 Å². The molecule has 0 aliphatic heterocycles. The van der Waals surface area contributed by atoms with Gasteiger partial charge in [-0.15, -0.1) is 0 Å². The number of isothiocyanates is 1. The molecule has 0 heterocycles. The maximum absolute atomic E-state index is 9.30. The summed E-state index contributed by atoms with van der Waals surface area (Å²) in [5, 5.41) is 29.6. The van der Waals surface area contributed by atoms with Crippen LogP contribution in [0.1, 0.15) is 0 Å². The topological polar surface area (TPSA) is 73.1 Å². The van der Waals surface area contributed by atoms with Gasteiger partial charge in [-0.25, -0.2) is 4.99 Å². The first-order chi connectivity index (χ1) is 5.66. The lowest BCUT2D eigenvalue weighted by Crippen LogP contribution is -2.45. The lowest BCUT2D eigenvalue weighted by molar-refractivity contribution is -0.0513. The van der Waals surface area contributed by atoms with Crippen LogP contribution in [0.5, 0.6) is 0 Å². The molecular weight excluding hydrogens is 178 g/mol. The van der Waals surface area contributed by atoms with E-state index in [2.05, 4.69) is 22.4 Å². The summed E-state index contributed by atoms with van der Waals surface area (Å²) >= 11 is 4.35. The Bertz CT molecular complexity index is 237. The lowest BCUT2D eigenvalue weighted by Gasteiger charge is -2.27. The van der Waals surface area contributed by atoms with E-state index in [-0.39, 0.29) is 0 Å². The Morgan fingerprint density at radius 1 is 1.17 bits per heavy atom. The molecule has 0 fully saturated rings. The minimum absolute atomic E-state index is 0.596. The van der Waals surface area contributed by atoms with Gasteiger partial charge in [0, 0.05) is 0 Å². The van der Waals surface area contributed by atoms with Crippen LogP contribution in [-0.2, 0) is 0 Å². The number of rotatable bonds is 1. The van der Waals surface area contributed by atoms with Gasteiger partial charge in [-0.3, -0.25) is 0 Å². The standard InChI is InChI=1S/C7H9NO3S/c9-5-2-1-4(8-3-12)6(10)7(5)11/h1-2,4-7,9-11H. The van der Waals surface area contributed by atoms with Crippen molar-refractivity contribution in [3.63, 3.8) is 0 Å². The molecule has 66 valence electrons. The van der Waals surface area contributed by atoms with Gasteiger partial charge in [-0.2, -0.15) is 0 Å². The molecule has 0 amide bonds. The second-order valence-corrected chi connectivity index (χ2v) is 2.75. The predicted octanol–water partition coefficient (Wildman–Crippen LogP) is -0.890. The van der Waals surface area contributed by atoms with Gasteiger partial charge >= 0.3 is 0 Å². The smallest absolute Gasteiger partial charge is 0.112 e. The summed E-state index contributed by atoms with van der Waals surface area (Å²) in [5.74, 6) is 0. The molecule has 0 radical (unpaired) electrons. The minimum atomic E-state index is -1.20. The Morgan fingerprint density at radius 3 is 2.42 bits per heavy atom. The van der Waals surface area contributed by atoms with Crippen molar-refractivity contribution >= 4 is 17.4 Å². The average molecular weight is 187 g/mol. The molecule has 0 saturated heterocycles. The first-order valence-electron chi connectivity index (χ1n) is 3.46. The number of hydrogen-bond donors (Lipinski definition) is 3. The molecule has 1 aliphatic carbocycles. The Morgan fingerprint density at radius 2 is 1.83 bits per heavy atom. The predicted molar refractivity (Wildman–Crippen MR) is 46.0 cm³/mol. The number of nitrogens with zero attached hydrogens (tertiary/aromatic N) is 1. The van der Waals surface area contributed by atoms with Crippen molar-refractivity contribution in [2.45, 2.75) is 24.4 Å². The van der Waals surface area contributed by atoms with Crippen molar-refractivity contribution in [2.75, 3.05) is 0 Å². The first-order valence-corrected chi connectivity index (χ1v) is 3.87. The largest absolute Gasteiger partial charge is 0.388 e. The zero-order chi connectivity index (χ0) is 9.14. The highest BCUT2D eigenvalue weighted by atomic mass is 32.1. The Labute approximate surface area is 74.9 Å². The molecule has 1 rings (SSSR count). The second kappa shape index (κ2) is 3.89. The maximum Gasteiger partial charge on any atom is 0.112 e. The zero-order valence-electron chi connectivity index (χ0n) is 6.16. The van der Waals surface area contributed by atoms with Gasteiger partial charge < -0.3 is 15.3 Å². The summed E-state index contributed by atoms with van der Waals surface area (Å²) in [6.07, 6.45) is -0.483. The molecule has 1 aliphatic rings. The summed E-state index contributed by atoms with van der Waals surface area (Å²) in [5.41, 5.74) is 0. The van der Waals surface area contributed by atoms with Crippen molar-refractivity contribution in [3.05, 3.63) is 12.2 Å². The quantitative estimate of drug-likeness (QED) is 0.283. The summed E-state index contributed by atoms with van der Waals surface area (Å²) < 4.78 is 0. The van der Waals surface area contributed by atoms with E-state index in [1.54, 1.807) is 0 Å². The Kier molecular flexibility index (Phi) is 3.08. The summed E-state index contributed by atoms with van der Waals surface area (Å²) in [6.45, 7) is 0. The lowest BCUT2D eigenvalue weighted by atomic mass is 9.95. The summed E-state index contributed by atoms with van der Waals surface area (Å²) in [4.78, 5) is 3.61. The number of thiocarbonyl (C=S) groups is 1. The first kappa shape index (κ1) is 9.51. The number of aliphatic hydroxyl groups is 3. The molecule has 5 heteroatoms. The van der Waals surface area contributed by atoms with Crippen molar-refractivity contribution in [1.29, 1.82) is 0 Å². The molecule has 3 N–H and O–H groups in total. The van der Waals surface area contributed by atoms with Crippen LogP contribution in [0.15, 0.2) is 17.1 Å². The maximum atomic E-state index is 9.30. The fourth-order valence-corrected chi connectivity index (χ4v) is 1.16. The molecule has 0 bridgehead atoms. The third kappa shape index (κ3) is 1.77. The van der Waals surface area contributed by atoms with E-state index in [1.807, 2.05) is 0 Å². The van der Waals surface area contributed by atoms with Gasteiger partial charge in [-0.1, -0.05) is 12.2 Å². The number of aliphatic hydroxyl groups excluding tert-OH is 3. The van der Waals surface area contributed by atoms with E-state index >= 15 is 0 Å². The molecule has 4 atom stereocenters. The number of aliphatic imine (C=N–C) groups is 1. The van der Waals surface area contributed by atoms with Gasteiger partial charge in [0.15, 0.2) is 0 Å². The molecule has 12 heavy (non-hydrogen) atoms. The molecule has 0 aromatic rings. The molecule has 0 spiro atoms. The SMILES string of the molecule is OC1C=CC(N=C=S)C(O)C1O. The van der Waals surface area contributed by atoms with Gasteiger partial charge in [0.2, 0.25) is 0 Å². The fraction of sp³-hybridized carbons (Fsp3) is 0.571. The second-order valence-electron chi connectivity index (χ2n) is 2.57. The molecule has 4 unspecified atom stereocenters. The van der Waals surface area contributed by atoms with Crippen molar-refractivity contribution < 1.29 is 15.3 Å². The third-order valence-corrected chi connectivity index (χ3v) is 1.86. The van der Waals surface area contributed by atoms with Gasteiger partial charge in [-0.05, 0) is 12.2 Å².